The van der Waals surface area contributed by atoms with E-state index in [4.69, 9.17) is 9.05 Å². The van der Waals surface area contributed by atoms with Crippen LogP contribution < -0.4 is 20.8 Å². The van der Waals surface area contributed by atoms with E-state index in [2.05, 4.69) is 16.0 Å². The molecule has 9 nitrogen and oxygen atoms in total. The van der Waals surface area contributed by atoms with Crippen molar-refractivity contribution in [2.24, 2.45) is 0 Å². The van der Waals surface area contributed by atoms with Crippen LogP contribution in [0, 0.1) is 0 Å². The highest BCUT2D eigenvalue weighted by Gasteiger charge is 2.43. The lowest BCUT2D eigenvalue weighted by atomic mass is 10.1. The van der Waals surface area contributed by atoms with Gasteiger partial charge in [-0.3, -0.25) is 9.36 Å². The minimum absolute atomic E-state index is 0.00393. The summed E-state index contributed by atoms with van der Waals surface area (Å²) in [5.74, 6) is 0.831. The van der Waals surface area contributed by atoms with Crippen molar-refractivity contribution in [3.63, 3.8) is 0 Å². The zero-order valence-corrected chi connectivity index (χ0v) is 17.5. The number of unbranched alkanes of at least 4 members (excludes halogenated alkanes) is 3. The van der Waals surface area contributed by atoms with Gasteiger partial charge in [0.2, 0.25) is 5.91 Å². The number of carbonyl (C=O) groups is 2. The van der Waals surface area contributed by atoms with E-state index in [-0.39, 0.29) is 35.9 Å². The number of phosphoric acid groups is 1. The molecule has 0 bridgehead atoms. The van der Waals surface area contributed by atoms with E-state index in [9.17, 15) is 19.0 Å². The number of phosphoric ester groups is 1. The monoisotopic (exact) mass is 422 g/mol. The Morgan fingerprint density at radius 2 is 2.07 bits per heavy atom. The van der Waals surface area contributed by atoms with Crippen molar-refractivity contribution in [1.82, 2.24) is 16.0 Å². The standard InChI is InChI=1S/C16H30N3O6PS/c1-11(2)25-26(22,23)24-8-6-4-3-5-7-17-14(20)9-13-15-12(10-27-13)18-16(21)19-15/h11-13,15H,3-10H2,1-2H3,(H,17,20)(H,22,23)(H2,18,19,21)/p-1. The van der Waals surface area contributed by atoms with Crippen LogP contribution in [0.1, 0.15) is 46.0 Å². The maximum atomic E-state index is 12.0. The molecule has 0 radical (unpaired) electrons. The van der Waals surface area contributed by atoms with Gasteiger partial charge in [-0.2, -0.15) is 11.8 Å². The van der Waals surface area contributed by atoms with Crippen LogP contribution in [0.3, 0.4) is 0 Å². The molecule has 0 saturated carbocycles. The van der Waals surface area contributed by atoms with Gasteiger partial charge < -0.3 is 29.9 Å². The molecule has 2 saturated heterocycles. The number of hydrogen-bond donors (Lipinski definition) is 3. The van der Waals surface area contributed by atoms with Crippen LogP contribution in [0.4, 0.5) is 4.79 Å². The zero-order valence-electron chi connectivity index (χ0n) is 15.8. The summed E-state index contributed by atoms with van der Waals surface area (Å²) in [5.41, 5.74) is 0. The lowest BCUT2D eigenvalue weighted by molar-refractivity contribution is -0.228. The number of fused-ring (bicyclic) bond motifs is 1. The highest BCUT2D eigenvalue weighted by Crippen LogP contribution is 2.39. The predicted octanol–water partition coefficient (Wildman–Crippen LogP) is 1.13. The number of rotatable bonds is 12. The Bertz CT molecular complexity index is 564. The molecule has 0 spiro atoms. The first kappa shape index (κ1) is 22.5. The summed E-state index contributed by atoms with van der Waals surface area (Å²) < 4.78 is 20.9. The second-order valence-electron chi connectivity index (χ2n) is 7.02. The Labute approximate surface area is 164 Å². The van der Waals surface area contributed by atoms with E-state index in [0.29, 0.717) is 19.4 Å². The quantitative estimate of drug-likeness (QED) is 0.244. The van der Waals surface area contributed by atoms with Gasteiger partial charge in [-0.1, -0.05) is 12.8 Å². The van der Waals surface area contributed by atoms with Crippen LogP contribution in [0.5, 0.6) is 0 Å². The third-order valence-corrected chi connectivity index (χ3v) is 6.93. The highest BCUT2D eigenvalue weighted by molar-refractivity contribution is 8.00. The van der Waals surface area contributed by atoms with Crippen molar-refractivity contribution in [3.8, 4) is 0 Å². The molecular formula is C16H29N3O6PS-. The summed E-state index contributed by atoms with van der Waals surface area (Å²) in [7, 11) is -4.19. The zero-order chi connectivity index (χ0) is 19.9. The number of amides is 3. The number of urea groups is 1. The van der Waals surface area contributed by atoms with Crippen molar-refractivity contribution in [3.05, 3.63) is 0 Å². The van der Waals surface area contributed by atoms with Crippen LogP contribution in [0.2, 0.25) is 0 Å². The molecule has 4 unspecified atom stereocenters. The third-order valence-electron chi connectivity index (χ3n) is 4.31. The van der Waals surface area contributed by atoms with Crippen molar-refractivity contribution in [1.29, 1.82) is 0 Å². The molecule has 0 aromatic carbocycles. The highest BCUT2D eigenvalue weighted by atomic mass is 32.2. The second kappa shape index (κ2) is 10.7. The topological polar surface area (TPSA) is 129 Å². The predicted molar refractivity (Wildman–Crippen MR) is 101 cm³/mol. The van der Waals surface area contributed by atoms with Crippen LogP contribution in [-0.4, -0.2) is 54.3 Å². The third kappa shape index (κ3) is 7.99. The Balaban J connectivity index is 1.47. The maximum Gasteiger partial charge on any atom is 0.315 e. The molecule has 2 aliphatic rings. The Hall–Kier alpha value is -0.800. The minimum atomic E-state index is -4.19. The summed E-state index contributed by atoms with van der Waals surface area (Å²) in [6.45, 7) is 3.96. The number of thioether (sulfide) groups is 1. The smallest absolute Gasteiger partial charge is 0.315 e. The number of hydrogen-bond acceptors (Lipinski definition) is 7. The fraction of sp³-hybridized carbons (Fsp3) is 0.875. The van der Waals surface area contributed by atoms with Crippen molar-refractivity contribution in [2.45, 2.75) is 69.4 Å². The SMILES string of the molecule is CC(C)OP(=O)([O-])OCCCCCCNC(=O)CC1SCC2NC(=O)NC21. The van der Waals surface area contributed by atoms with Gasteiger partial charge in [0.15, 0.2) is 0 Å². The first-order valence-corrected chi connectivity index (χ1v) is 11.9. The summed E-state index contributed by atoms with van der Waals surface area (Å²) in [6, 6.07) is 0.00610. The average molecular weight is 422 g/mol. The van der Waals surface area contributed by atoms with E-state index in [0.717, 1.165) is 25.0 Å². The number of carbonyl (C=O) groups excluding carboxylic acids is 2. The lowest BCUT2D eigenvalue weighted by Crippen LogP contribution is -2.39. The lowest BCUT2D eigenvalue weighted by Gasteiger charge is -2.24. The number of nitrogens with one attached hydrogen (secondary N) is 3. The van der Waals surface area contributed by atoms with Gasteiger partial charge in [0.1, 0.15) is 0 Å². The molecule has 27 heavy (non-hydrogen) atoms. The fourth-order valence-electron chi connectivity index (χ4n) is 3.09. The summed E-state index contributed by atoms with van der Waals surface area (Å²) in [4.78, 5) is 34.8. The van der Waals surface area contributed by atoms with Gasteiger partial charge in [-0.15, -0.1) is 0 Å². The maximum absolute atomic E-state index is 12.0. The average Bonchev–Trinajstić information content (AvgIpc) is 3.09. The van der Waals surface area contributed by atoms with Gasteiger partial charge in [-0.25, -0.2) is 4.79 Å². The van der Waals surface area contributed by atoms with Crippen LogP contribution >= 0.6 is 19.6 Å². The molecule has 156 valence electrons. The van der Waals surface area contributed by atoms with E-state index in [1.54, 1.807) is 25.6 Å². The van der Waals surface area contributed by atoms with Gasteiger partial charge in [-0.05, 0) is 26.7 Å². The molecule has 3 N–H and O–H groups in total. The van der Waals surface area contributed by atoms with Crippen molar-refractivity contribution < 1.29 is 28.1 Å². The molecule has 4 atom stereocenters. The normalized spacial score (nSPS) is 26.4. The molecule has 11 heteroatoms. The van der Waals surface area contributed by atoms with Crippen LogP contribution in [-0.2, 0) is 18.4 Å². The molecule has 2 rings (SSSR count). The second-order valence-corrected chi connectivity index (χ2v) is 9.66. The molecule has 0 aliphatic carbocycles. The van der Waals surface area contributed by atoms with E-state index in [1.165, 1.54) is 0 Å². The van der Waals surface area contributed by atoms with Crippen LogP contribution in [0.25, 0.3) is 0 Å². The molecule has 2 aliphatic heterocycles. The van der Waals surface area contributed by atoms with Crippen LogP contribution in [0.15, 0.2) is 0 Å². The Morgan fingerprint density at radius 3 is 2.81 bits per heavy atom. The summed E-state index contributed by atoms with van der Waals surface area (Å²) in [5, 5.41) is 8.75. The molecule has 0 aromatic heterocycles. The largest absolute Gasteiger partial charge is 0.756 e. The van der Waals surface area contributed by atoms with Crippen molar-refractivity contribution >= 4 is 31.5 Å². The minimum Gasteiger partial charge on any atom is -0.756 e. The first-order chi connectivity index (χ1) is 12.8. The molecule has 0 aromatic rings. The van der Waals surface area contributed by atoms with E-state index >= 15 is 0 Å². The van der Waals surface area contributed by atoms with E-state index in [1.807, 2.05) is 0 Å². The van der Waals surface area contributed by atoms with Crippen molar-refractivity contribution in [2.75, 3.05) is 18.9 Å². The van der Waals surface area contributed by atoms with Gasteiger partial charge in [0.05, 0.1) is 24.8 Å². The Kier molecular flexibility index (Phi) is 8.88. The molecule has 3 amide bonds. The molecule has 2 heterocycles. The summed E-state index contributed by atoms with van der Waals surface area (Å²) >= 11 is 1.71. The van der Waals surface area contributed by atoms with E-state index < -0.39 is 13.9 Å². The van der Waals surface area contributed by atoms with Gasteiger partial charge >= 0.3 is 6.03 Å². The fourth-order valence-corrected chi connectivity index (χ4v) is 5.50. The van der Waals surface area contributed by atoms with Gasteiger partial charge in [0, 0.05) is 24.0 Å². The molecular weight excluding hydrogens is 393 g/mol. The Morgan fingerprint density at radius 1 is 1.33 bits per heavy atom. The first-order valence-electron chi connectivity index (χ1n) is 9.36. The summed E-state index contributed by atoms with van der Waals surface area (Å²) in [6.07, 6.45) is 3.11. The van der Waals surface area contributed by atoms with Gasteiger partial charge in [0.25, 0.3) is 7.82 Å². The molecule has 2 fully saturated rings.